The molecule has 0 aliphatic rings. The summed E-state index contributed by atoms with van der Waals surface area (Å²) in [5.74, 6) is -0.291. The molecule has 0 amide bonds. The summed E-state index contributed by atoms with van der Waals surface area (Å²) in [7, 11) is 0. The zero-order valence-corrected chi connectivity index (χ0v) is 12.6. The van der Waals surface area contributed by atoms with Gasteiger partial charge in [-0.1, -0.05) is 24.6 Å². The van der Waals surface area contributed by atoms with E-state index in [-0.39, 0.29) is 11.9 Å². The van der Waals surface area contributed by atoms with Crippen molar-refractivity contribution in [2.45, 2.75) is 26.3 Å². The summed E-state index contributed by atoms with van der Waals surface area (Å²) in [6.07, 6.45) is 0.771. The molecule has 1 atom stereocenters. The maximum Gasteiger partial charge on any atom is 0.124 e. The molecular weight excluding hydrogens is 281 g/mol. The number of thiophene rings is 1. The fourth-order valence-corrected chi connectivity index (χ4v) is 3.26. The standard InChI is InChI=1S/C15H17ClFNS/c1-3-18-14(15-7-4-10(2)19-15)8-11-5-6-12(17)9-13(11)16/h4-7,9,14,18H,3,8H2,1-2H3. The second kappa shape index (κ2) is 6.51. The molecule has 2 rings (SSSR count). The number of hydrogen-bond donors (Lipinski definition) is 1. The van der Waals surface area contributed by atoms with E-state index in [9.17, 15) is 4.39 Å². The van der Waals surface area contributed by atoms with E-state index >= 15 is 0 Å². The van der Waals surface area contributed by atoms with Gasteiger partial charge in [0.1, 0.15) is 5.82 Å². The van der Waals surface area contributed by atoms with Crippen LogP contribution in [0.15, 0.2) is 30.3 Å². The number of rotatable bonds is 5. The quantitative estimate of drug-likeness (QED) is 0.840. The van der Waals surface area contributed by atoms with Crippen LogP contribution in [0.3, 0.4) is 0 Å². The molecule has 0 spiro atoms. The van der Waals surface area contributed by atoms with Crippen LogP contribution >= 0.6 is 22.9 Å². The van der Waals surface area contributed by atoms with Crippen LogP contribution in [0.4, 0.5) is 4.39 Å². The third-order valence-electron chi connectivity index (χ3n) is 2.99. The molecule has 0 saturated carbocycles. The summed E-state index contributed by atoms with van der Waals surface area (Å²) in [6.45, 7) is 5.07. The number of likely N-dealkylation sites (N-methyl/N-ethyl adjacent to an activating group) is 1. The lowest BCUT2D eigenvalue weighted by Gasteiger charge is -2.17. The van der Waals surface area contributed by atoms with Gasteiger partial charge in [-0.25, -0.2) is 4.39 Å². The molecule has 1 aromatic heterocycles. The van der Waals surface area contributed by atoms with Gasteiger partial charge in [0.25, 0.3) is 0 Å². The van der Waals surface area contributed by atoms with E-state index in [0.29, 0.717) is 5.02 Å². The zero-order chi connectivity index (χ0) is 13.8. The fraction of sp³-hybridized carbons (Fsp3) is 0.333. The normalized spacial score (nSPS) is 12.6. The predicted molar refractivity (Wildman–Crippen MR) is 80.6 cm³/mol. The Bertz CT molecular complexity index is 553. The van der Waals surface area contributed by atoms with Crippen LogP contribution in [0, 0.1) is 12.7 Å². The molecule has 4 heteroatoms. The minimum atomic E-state index is -0.291. The van der Waals surface area contributed by atoms with Crippen LogP contribution in [-0.4, -0.2) is 6.54 Å². The first-order chi connectivity index (χ1) is 9.10. The summed E-state index contributed by atoms with van der Waals surface area (Å²) in [5.41, 5.74) is 0.972. The Morgan fingerprint density at radius 2 is 2.11 bits per heavy atom. The van der Waals surface area contributed by atoms with E-state index in [2.05, 4.69) is 31.3 Å². The Balaban J connectivity index is 2.21. The molecule has 1 unspecified atom stereocenters. The fourth-order valence-electron chi connectivity index (χ4n) is 2.07. The third-order valence-corrected chi connectivity index (χ3v) is 4.46. The minimum Gasteiger partial charge on any atom is -0.309 e. The molecule has 0 bridgehead atoms. The van der Waals surface area contributed by atoms with E-state index < -0.39 is 0 Å². The summed E-state index contributed by atoms with van der Waals surface area (Å²) >= 11 is 7.89. The Kier molecular flexibility index (Phi) is 4.97. The Hall–Kier alpha value is -0.900. The van der Waals surface area contributed by atoms with Crippen molar-refractivity contribution in [1.29, 1.82) is 0 Å². The molecule has 0 saturated heterocycles. The lowest BCUT2D eigenvalue weighted by atomic mass is 10.0. The molecule has 0 radical (unpaired) electrons. The van der Waals surface area contributed by atoms with Gasteiger partial charge >= 0.3 is 0 Å². The molecule has 1 N–H and O–H groups in total. The Morgan fingerprint density at radius 1 is 1.32 bits per heavy atom. The van der Waals surface area contributed by atoms with E-state index in [1.54, 1.807) is 17.4 Å². The van der Waals surface area contributed by atoms with Crippen molar-refractivity contribution < 1.29 is 4.39 Å². The lowest BCUT2D eigenvalue weighted by Crippen LogP contribution is -2.22. The molecule has 0 fully saturated rings. The summed E-state index contributed by atoms with van der Waals surface area (Å²) in [4.78, 5) is 2.59. The SMILES string of the molecule is CCNC(Cc1ccc(F)cc1Cl)c1ccc(C)s1. The average Bonchev–Trinajstić information content (AvgIpc) is 2.78. The van der Waals surface area contributed by atoms with Crippen LogP contribution in [0.2, 0.25) is 5.02 Å². The Morgan fingerprint density at radius 3 is 2.68 bits per heavy atom. The highest BCUT2D eigenvalue weighted by atomic mass is 35.5. The van der Waals surface area contributed by atoms with Crippen LogP contribution < -0.4 is 5.32 Å². The van der Waals surface area contributed by atoms with Gasteiger partial charge in [0.05, 0.1) is 0 Å². The summed E-state index contributed by atoms with van der Waals surface area (Å²) < 4.78 is 13.1. The number of aryl methyl sites for hydroxylation is 1. The molecule has 2 aromatic rings. The van der Waals surface area contributed by atoms with Crippen molar-refractivity contribution in [1.82, 2.24) is 5.32 Å². The summed E-state index contributed by atoms with van der Waals surface area (Å²) in [5, 5.41) is 3.96. The number of benzene rings is 1. The second-order valence-corrected chi connectivity index (χ2v) is 6.23. The maximum atomic E-state index is 13.1. The highest BCUT2D eigenvalue weighted by Crippen LogP contribution is 2.28. The second-order valence-electron chi connectivity index (χ2n) is 4.50. The molecule has 1 heterocycles. The Labute approximate surface area is 122 Å². The molecule has 102 valence electrons. The van der Waals surface area contributed by atoms with Crippen molar-refractivity contribution >= 4 is 22.9 Å². The third kappa shape index (κ3) is 3.78. The number of hydrogen-bond acceptors (Lipinski definition) is 2. The van der Waals surface area contributed by atoms with Gasteiger partial charge < -0.3 is 5.32 Å². The molecular formula is C15H17ClFNS. The minimum absolute atomic E-state index is 0.228. The van der Waals surface area contributed by atoms with Gasteiger partial charge in [-0.15, -0.1) is 11.3 Å². The van der Waals surface area contributed by atoms with Crippen molar-refractivity contribution in [2.75, 3.05) is 6.54 Å². The lowest BCUT2D eigenvalue weighted by molar-refractivity contribution is 0.557. The topological polar surface area (TPSA) is 12.0 Å². The average molecular weight is 298 g/mol. The van der Waals surface area contributed by atoms with Crippen LogP contribution in [0.1, 0.15) is 28.3 Å². The largest absolute Gasteiger partial charge is 0.309 e. The molecule has 1 aromatic carbocycles. The molecule has 0 aliphatic heterocycles. The van der Waals surface area contributed by atoms with Crippen molar-refractivity contribution in [3.8, 4) is 0 Å². The van der Waals surface area contributed by atoms with Crippen LogP contribution in [-0.2, 0) is 6.42 Å². The smallest absolute Gasteiger partial charge is 0.124 e. The van der Waals surface area contributed by atoms with Crippen molar-refractivity contribution in [3.05, 3.63) is 56.5 Å². The van der Waals surface area contributed by atoms with Crippen LogP contribution in [0.25, 0.3) is 0 Å². The van der Waals surface area contributed by atoms with Gasteiger partial charge in [-0.3, -0.25) is 0 Å². The van der Waals surface area contributed by atoms with E-state index in [4.69, 9.17) is 11.6 Å². The highest BCUT2D eigenvalue weighted by molar-refractivity contribution is 7.12. The van der Waals surface area contributed by atoms with E-state index in [1.165, 1.54) is 21.9 Å². The van der Waals surface area contributed by atoms with Gasteiger partial charge in [0, 0.05) is 20.8 Å². The maximum absolute atomic E-state index is 13.1. The highest BCUT2D eigenvalue weighted by Gasteiger charge is 2.15. The van der Waals surface area contributed by atoms with Gasteiger partial charge in [0.15, 0.2) is 0 Å². The number of nitrogens with one attached hydrogen (secondary N) is 1. The van der Waals surface area contributed by atoms with Crippen molar-refractivity contribution in [3.63, 3.8) is 0 Å². The first-order valence-corrected chi connectivity index (χ1v) is 7.53. The molecule has 1 nitrogen and oxygen atoms in total. The first kappa shape index (κ1) is 14.5. The van der Waals surface area contributed by atoms with Gasteiger partial charge in [-0.05, 0) is 49.7 Å². The molecule has 0 aliphatic carbocycles. The predicted octanol–water partition coefficient (Wildman–Crippen LogP) is 4.74. The van der Waals surface area contributed by atoms with E-state index in [1.807, 2.05) is 0 Å². The summed E-state index contributed by atoms with van der Waals surface area (Å²) in [6, 6.07) is 9.10. The van der Waals surface area contributed by atoms with Gasteiger partial charge in [0.2, 0.25) is 0 Å². The molecule has 19 heavy (non-hydrogen) atoms. The van der Waals surface area contributed by atoms with Gasteiger partial charge in [-0.2, -0.15) is 0 Å². The van der Waals surface area contributed by atoms with Crippen molar-refractivity contribution in [2.24, 2.45) is 0 Å². The first-order valence-electron chi connectivity index (χ1n) is 6.33. The van der Waals surface area contributed by atoms with E-state index in [0.717, 1.165) is 18.5 Å². The zero-order valence-electron chi connectivity index (χ0n) is 11.0. The monoisotopic (exact) mass is 297 g/mol. The van der Waals surface area contributed by atoms with Crippen LogP contribution in [0.5, 0.6) is 0 Å². The number of halogens is 2.